The van der Waals surface area contributed by atoms with E-state index in [0.29, 0.717) is 0 Å². The van der Waals surface area contributed by atoms with Crippen molar-refractivity contribution in [3.05, 3.63) is 84.9 Å². The lowest BCUT2D eigenvalue weighted by Gasteiger charge is -2.35. The van der Waals surface area contributed by atoms with Gasteiger partial charge in [-0.05, 0) is 63.3 Å². The first-order chi connectivity index (χ1) is 10.2. The van der Waals surface area contributed by atoms with Gasteiger partial charge < -0.3 is 0 Å². The summed E-state index contributed by atoms with van der Waals surface area (Å²) < 4.78 is 0. The van der Waals surface area contributed by atoms with Crippen LogP contribution in [0.3, 0.4) is 0 Å². The second kappa shape index (κ2) is 6.30. The second-order valence-corrected chi connectivity index (χ2v) is 10.6. The maximum Gasteiger partial charge on any atom is 0.00791 e. The Kier molecular flexibility index (Phi) is 4.43. The largest absolute Gasteiger partial charge is 0.143 e. The van der Waals surface area contributed by atoms with Gasteiger partial charge in [0.2, 0.25) is 0 Å². The predicted molar refractivity (Wildman–Crippen MR) is 97.9 cm³/mol. The summed E-state index contributed by atoms with van der Waals surface area (Å²) in [4.78, 5) is 4.85. The third-order valence-corrected chi connectivity index (χ3v) is 9.73. The zero-order valence-corrected chi connectivity index (χ0v) is 14.6. The standard InChI is InChI=1S/C18H15BrS2/c19-21(16-7-3-1-4-8-16,17-9-5-2-6-10-17)18-13-11-15(20)12-14-18/h1-14,20H. The Morgan fingerprint density at radius 1 is 0.571 bits per heavy atom. The van der Waals surface area contributed by atoms with Gasteiger partial charge in [-0.3, -0.25) is 0 Å². The van der Waals surface area contributed by atoms with E-state index in [1.165, 1.54) is 14.7 Å². The average molecular weight is 375 g/mol. The molecule has 0 aliphatic carbocycles. The SMILES string of the molecule is Sc1ccc(S(Br)(c2ccccc2)c2ccccc2)cc1. The Labute approximate surface area is 140 Å². The summed E-state index contributed by atoms with van der Waals surface area (Å²) in [5, 5.41) is 0. The molecule has 0 amide bonds. The topological polar surface area (TPSA) is 0 Å². The van der Waals surface area contributed by atoms with Crippen molar-refractivity contribution in [2.45, 2.75) is 19.6 Å². The molecule has 0 radical (unpaired) electrons. The van der Waals surface area contributed by atoms with Gasteiger partial charge in [0, 0.05) is 19.6 Å². The van der Waals surface area contributed by atoms with Gasteiger partial charge in [0.15, 0.2) is 0 Å². The Morgan fingerprint density at radius 2 is 0.952 bits per heavy atom. The van der Waals surface area contributed by atoms with Crippen molar-refractivity contribution in [1.29, 1.82) is 0 Å². The zero-order chi connectivity index (χ0) is 14.7. The van der Waals surface area contributed by atoms with Crippen LogP contribution in [0, 0.1) is 0 Å². The number of hydrogen-bond donors (Lipinski definition) is 1. The lowest BCUT2D eigenvalue weighted by molar-refractivity contribution is 1.29. The van der Waals surface area contributed by atoms with Crippen LogP contribution in [0.15, 0.2) is 105 Å². The molecule has 3 aromatic rings. The summed E-state index contributed by atoms with van der Waals surface area (Å²) in [6, 6.07) is 29.6. The van der Waals surface area contributed by atoms with Gasteiger partial charge in [-0.15, -0.1) is 21.1 Å². The van der Waals surface area contributed by atoms with E-state index in [4.69, 9.17) is 0 Å². The summed E-state index contributed by atoms with van der Waals surface area (Å²) in [5.74, 6) is 0. The smallest absolute Gasteiger partial charge is 0.00791 e. The highest BCUT2D eigenvalue weighted by Gasteiger charge is 2.27. The molecule has 0 unspecified atom stereocenters. The monoisotopic (exact) mass is 374 g/mol. The molecular weight excluding hydrogens is 360 g/mol. The molecule has 0 aliphatic heterocycles. The number of halogens is 1. The first-order valence-corrected chi connectivity index (χ1v) is 10.6. The molecule has 0 aliphatic rings. The molecule has 106 valence electrons. The molecule has 0 N–H and O–H groups in total. The fourth-order valence-corrected chi connectivity index (χ4v) is 6.74. The lowest BCUT2D eigenvalue weighted by atomic mass is 10.4. The summed E-state index contributed by atoms with van der Waals surface area (Å²) in [7, 11) is -1.41. The minimum atomic E-state index is -1.41. The molecule has 3 rings (SSSR count). The van der Waals surface area contributed by atoms with Gasteiger partial charge >= 0.3 is 0 Å². The van der Waals surface area contributed by atoms with Crippen LogP contribution >= 0.6 is 35.9 Å². The first-order valence-electron chi connectivity index (χ1n) is 6.63. The van der Waals surface area contributed by atoms with Gasteiger partial charge in [0.05, 0.1) is 0 Å². The van der Waals surface area contributed by atoms with Crippen LogP contribution in [-0.4, -0.2) is 0 Å². The molecule has 0 saturated heterocycles. The molecule has 0 fully saturated rings. The highest BCUT2D eigenvalue weighted by molar-refractivity contribution is 9.58. The summed E-state index contributed by atoms with van der Waals surface area (Å²) in [6.45, 7) is 0. The fraction of sp³-hybridized carbons (Fsp3) is 0. The minimum absolute atomic E-state index is 0.981. The van der Waals surface area contributed by atoms with Gasteiger partial charge in [-0.2, -0.15) is 0 Å². The van der Waals surface area contributed by atoms with E-state index >= 15 is 0 Å². The van der Waals surface area contributed by atoms with E-state index in [2.05, 4.69) is 100 Å². The fourth-order valence-electron chi connectivity index (χ4n) is 2.26. The molecule has 21 heavy (non-hydrogen) atoms. The van der Waals surface area contributed by atoms with Crippen molar-refractivity contribution in [1.82, 2.24) is 0 Å². The number of thiol groups is 1. The molecule has 0 heterocycles. The van der Waals surface area contributed by atoms with Gasteiger partial charge in [-0.1, -0.05) is 36.4 Å². The molecule has 0 bridgehead atoms. The van der Waals surface area contributed by atoms with Crippen LogP contribution in [0.2, 0.25) is 0 Å². The van der Waals surface area contributed by atoms with E-state index in [1.807, 2.05) is 12.1 Å². The van der Waals surface area contributed by atoms with Gasteiger partial charge in [0.1, 0.15) is 0 Å². The van der Waals surface area contributed by atoms with Crippen LogP contribution in [0.5, 0.6) is 0 Å². The summed E-state index contributed by atoms with van der Waals surface area (Å²) in [6.07, 6.45) is 0. The van der Waals surface area contributed by atoms with E-state index < -0.39 is 8.46 Å². The quantitative estimate of drug-likeness (QED) is 0.492. The normalized spacial score (nSPS) is 12.1. The van der Waals surface area contributed by atoms with Crippen LogP contribution in [0.25, 0.3) is 0 Å². The number of hydrogen-bond acceptors (Lipinski definition) is 1. The Bertz CT molecular complexity index is 670. The van der Waals surface area contributed by atoms with E-state index in [-0.39, 0.29) is 0 Å². The molecule has 0 nitrogen and oxygen atoms in total. The van der Waals surface area contributed by atoms with E-state index in [0.717, 1.165) is 4.90 Å². The molecule has 0 spiro atoms. The van der Waals surface area contributed by atoms with Crippen LogP contribution in [-0.2, 0) is 0 Å². The average Bonchev–Trinajstić information content (AvgIpc) is 2.56. The van der Waals surface area contributed by atoms with E-state index in [9.17, 15) is 0 Å². The molecule has 0 aromatic heterocycles. The first kappa shape index (κ1) is 14.8. The van der Waals surface area contributed by atoms with Crippen LogP contribution in [0.1, 0.15) is 0 Å². The Balaban J connectivity index is 2.23. The van der Waals surface area contributed by atoms with Crippen molar-refractivity contribution in [3.63, 3.8) is 0 Å². The number of rotatable bonds is 3. The van der Waals surface area contributed by atoms with Crippen LogP contribution < -0.4 is 0 Å². The van der Waals surface area contributed by atoms with Gasteiger partial charge in [0.25, 0.3) is 0 Å². The maximum atomic E-state index is 4.40. The molecular formula is C18H15BrS2. The highest BCUT2D eigenvalue weighted by Crippen LogP contribution is 2.73. The molecule has 0 saturated carbocycles. The Hall–Kier alpha value is -1.16. The van der Waals surface area contributed by atoms with Crippen molar-refractivity contribution >= 4 is 35.9 Å². The summed E-state index contributed by atoms with van der Waals surface area (Å²) >= 11 is 8.49. The molecule has 3 heteroatoms. The highest BCUT2D eigenvalue weighted by atomic mass is 79.9. The predicted octanol–water partition coefficient (Wildman–Crippen LogP) is 6.57. The second-order valence-electron chi connectivity index (χ2n) is 4.66. The van der Waals surface area contributed by atoms with Crippen molar-refractivity contribution in [2.24, 2.45) is 0 Å². The van der Waals surface area contributed by atoms with E-state index in [1.54, 1.807) is 0 Å². The Morgan fingerprint density at radius 3 is 1.38 bits per heavy atom. The minimum Gasteiger partial charge on any atom is -0.143 e. The van der Waals surface area contributed by atoms with Crippen molar-refractivity contribution in [3.8, 4) is 0 Å². The van der Waals surface area contributed by atoms with Crippen molar-refractivity contribution < 1.29 is 0 Å². The third kappa shape index (κ3) is 2.91. The summed E-state index contributed by atoms with van der Waals surface area (Å²) in [5.41, 5.74) is 0. The van der Waals surface area contributed by atoms with Gasteiger partial charge in [-0.25, -0.2) is 0 Å². The lowest BCUT2D eigenvalue weighted by Crippen LogP contribution is -1.95. The third-order valence-electron chi connectivity index (χ3n) is 3.30. The molecule has 3 aromatic carbocycles. The maximum absolute atomic E-state index is 4.40. The zero-order valence-electron chi connectivity index (χ0n) is 11.3. The molecule has 0 atom stereocenters. The van der Waals surface area contributed by atoms with Crippen LogP contribution in [0.4, 0.5) is 0 Å². The number of benzene rings is 3. The van der Waals surface area contributed by atoms with Crippen molar-refractivity contribution in [2.75, 3.05) is 0 Å².